The van der Waals surface area contributed by atoms with E-state index >= 15 is 0 Å². The van der Waals surface area contributed by atoms with Crippen LogP contribution in [0, 0.1) is 0 Å². The highest BCUT2D eigenvalue weighted by Gasteiger charge is 2.03. The van der Waals surface area contributed by atoms with Crippen molar-refractivity contribution in [3.8, 4) is 0 Å². The number of rotatable bonds is 4. The van der Waals surface area contributed by atoms with E-state index in [-0.39, 0.29) is 6.61 Å². The second-order valence-corrected chi connectivity index (χ2v) is 4.51. The molecular weight excluding hydrogens is 132 g/mol. The summed E-state index contributed by atoms with van der Waals surface area (Å²) in [6.45, 7) is 6.50. The molecule has 0 spiro atoms. The lowest BCUT2D eigenvalue weighted by molar-refractivity contribution is 0.189. The van der Waals surface area contributed by atoms with E-state index in [0.717, 1.165) is 6.42 Å². The molecule has 0 saturated carbocycles. The van der Waals surface area contributed by atoms with Crippen molar-refractivity contribution in [1.29, 1.82) is 0 Å². The van der Waals surface area contributed by atoms with Gasteiger partial charge in [0.15, 0.2) is 0 Å². The van der Waals surface area contributed by atoms with E-state index in [1.165, 1.54) is 0 Å². The average Bonchev–Trinajstić information content (AvgIpc) is 1.63. The molecule has 0 N–H and O–H groups in total. The first-order valence-electron chi connectivity index (χ1n) is 3.40. The molecule has 0 aromatic heterocycles. The molecule has 0 aromatic rings. The predicted octanol–water partition coefficient (Wildman–Crippen LogP) is 2.34. The van der Waals surface area contributed by atoms with Crippen LogP contribution in [0.4, 0.5) is 0 Å². The molecule has 0 fully saturated rings. The van der Waals surface area contributed by atoms with Crippen LogP contribution >= 0.6 is 11.8 Å². The lowest BCUT2D eigenvalue weighted by Gasteiger charge is -2.10. The van der Waals surface area contributed by atoms with Crippen LogP contribution in [0.5, 0.6) is 0 Å². The number of hydrogen-bond donors (Lipinski definition) is 0. The van der Waals surface area contributed by atoms with E-state index in [1.54, 1.807) is 0 Å². The van der Waals surface area contributed by atoms with Crippen molar-refractivity contribution in [2.45, 2.75) is 37.7 Å². The van der Waals surface area contributed by atoms with Gasteiger partial charge in [0, 0.05) is 5.25 Å². The summed E-state index contributed by atoms with van der Waals surface area (Å²) in [7, 11) is 0. The summed E-state index contributed by atoms with van der Waals surface area (Å²) < 4.78 is 0. The highest BCUT2D eigenvalue weighted by molar-refractivity contribution is 8.00. The van der Waals surface area contributed by atoms with Gasteiger partial charge in [-0.25, -0.2) is 5.11 Å². The van der Waals surface area contributed by atoms with Crippen LogP contribution in [0.25, 0.3) is 0 Å². The zero-order chi connectivity index (χ0) is 7.28. The minimum Gasteiger partial charge on any atom is -0.237 e. The van der Waals surface area contributed by atoms with Crippen molar-refractivity contribution >= 4 is 11.8 Å². The molecule has 0 aliphatic heterocycles. The van der Waals surface area contributed by atoms with Gasteiger partial charge in [-0.2, -0.15) is 11.8 Å². The highest BCUT2D eigenvalue weighted by Crippen LogP contribution is 2.18. The maximum Gasteiger partial charge on any atom is 0.0832 e. The third-order valence-electron chi connectivity index (χ3n) is 1.03. The molecule has 9 heavy (non-hydrogen) atoms. The smallest absolute Gasteiger partial charge is 0.0832 e. The molecule has 1 unspecified atom stereocenters. The van der Waals surface area contributed by atoms with E-state index in [9.17, 15) is 5.11 Å². The third kappa shape index (κ3) is 6.19. The zero-order valence-electron chi connectivity index (χ0n) is 6.39. The Morgan fingerprint density at radius 3 is 2.22 bits per heavy atom. The van der Waals surface area contributed by atoms with E-state index < -0.39 is 0 Å². The summed E-state index contributed by atoms with van der Waals surface area (Å²) >= 11 is 1.88. The molecule has 0 aliphatic carbocycles. The van der Waals surface area contributed by atoms with Gasteiger partial charge in [-0.1, -0.05) is 20.8 Å². The first-order valence-corrected chi connectivity index (χ1v) is 4.34. The van der Waals surface area contributed by atoms with Crippen LogP contribution in [0.3, 0.4) is 0 Å². The molecular formula is C7H15OS. The Hall–Kier alpha value is 0.310. The molecule has 0 aliphatic rings. The Labute approximate surface area is 61.8 Å². The van der Waals surface area contributed by atoms with Gasteiger partial charge in [0.1, 0.15) is 0 Å². The van der Waals surface area contributed by atoms with Crippen LogP contribution in [-0.4, -0.2) is 17.1 Å². The van der Waals surface area contributed by atoms with Crippen molar-refractivity contribution in [3.05, 3.63) is 0 Å². The standard InChI is InChI=1S/C7H15OS/c1-6(2)9-7(3)4-5-8/h6-7H,4-5H2,1-3H3. The molecule has 0 saturated heterocycles. The molecule has 1 radical (unpaired) electrons. The largest absolute Gasteiger partial charge is 0.237 e. The quantitative estimate of drug-likeness (QED) is 0.597. The zero-order valence-corrected chi connectivity index (χ0v) is 7.20. The van der Waals surface area contributed by atoms with Gasteiger partial charge in [0.2, 0.25) is 0 Å². The lowest BCUT2D eigenvalue weighted by atomic mass is 10.3. The molecule has 55 valence electrons. The summed E-state index contributed by atoms with van der Waals surface area (Å²) in [4.78, 5) is 0. The summed E-state index contributed by atoms with van der Waals surface area (Å²) in [5.41, 5.74) is 0. The maximum absolute atomic E-state index is 10.1. The van der Waals surface area contributed by atoms with Crippen LogP contribution in [0.15, 0.2) is 0 Å². The van der Waals surface area contributed by atoms with Crippen molar-refractivity contribution in [1.82, 2.24) is 0 Å². The summed E-state index contributed by atoms with van der Waals surface area (Å²) in [5.74, 6) is 0. The Morgan fingerprint density at radius 1 is 1.33 bits per heavy atom. The van der Waals surface area contributed by atoms with Gasteiger partial charge < -0.3 is 0 Å². The molecule has 0 aromatic carbocycles. The van der Waals surface area contributed by atoms with Gasteiger partial charge in [0.25, 0.3) is 0 Å². The van der Waals surface area contributed by atoms with Crippen LogP contribution in [0.1, 0.15) is 27.2 Å². The van der Waals surface area contributed by atoms with E-state index in [2.05, 4.69) is 20.8 Å². The van der Waals surface area contributed by atoms with Crippen molar-refractivity contribution in [2.75, 3.05) is 6.61 Å². The highest BCUT2D eigenvalue weighted by atomic mass is 32.2. The van der Waals surface area contributed by atoms with Crippen LogP contribution in [-0.2, 0) is 5.11 Å². The Kier molecular flexibility index (Phi) is 5.30. The Morgan fingerprint density at radius 2 is 1.89 bits per heavy atom. The number of hydrogen-bond acceptors (Lipinski definition) is 1. The first-order chi connectivity index (χ1) is 4.16. The van der Waals surface area contributed by atoms with E-state index in [0.29, 0.717) is 10.5 Å². The molecule has 2 heteroatoms. The van der Waals surface area contributed by atoms with E-state index in [4.69, 9.17) is 0 Å². The van der Waals surface area contributed by atoms with Crippen LogP contribution in [0.2, 0.25) is 0 Å². The average molecular weight is 147 g/mol. The van der Waals surface area contributed by atoms with E-state index in [1.807, 2.05) is 11.8 Å². The maximum atomic E-state index is 10.1. The predicted molar refractivity (Wildman–Crippen MR) is 42.4 cm³/mol. The van der Waals surface area contributed by atoms with Gasteiger partial charge >= 0.3 is 0 Å². The lowest BCUT2D eigenvalue weighted by Crippen LogP contribution is -2.02. The summed E-state index contributed by atoms with van der Waals surface area (Å²) in [6.07, 6.45) is 0.808. The van der Waals surface area contributed by atoms with Crippen molar-refractivity contribution in [2.24, 2.45) is 0 Å². The molecule has 0 heterocycles. The van der Waals surface area contributed by atoms with Gasteiger partial charge in [0.05, 0.1) is 6.61 Å². The second-order valence-electron chi connectivity index (χ2n) is 2.49. The minimum absolute atomic E-state index is 0.0703. The SMILES string of the molecule is CC(C)SC(C)CC[O]. The first kappa shape index (κ1) is 9.31. The molecule has 0 amide bonds. The number of thioether (sulfide) groups is 1. The Balaban J connectivity index is 3.15. The topological polar surface area (TPSA) is 19.9 Å². The van der Waals surface area contributed by atoms with Gasteiger partial charge in [-0.15, -0.1) is 0 Å². The minimum atomic E-state index is 0.0703. The molecule has 0 rings (SSSR count). The Bertz CT molecular complexity index is 63.9. The fourth-order valence-corrected chi connectivity index (χ4v) is 1.86. The third-order valence-corrected chi connectivity index (χ3v) is 2.27. The second kappa shape index (κ2) is 5.12. The molecule has 0 bridgehead atoms. The summed E-state index contributed by atoms with van der Waals surface area (Å²) in [5, 5.41) is 11.3. The van der Waals surface area contributed by atoms with Gasteiger partial charge in [-0.3, -0.25) is 0 Å². The normalized spacial score (nSPS) is 14.3. The molecule has 1 nitrogen and oxygen atoms in total. The van der Waals surface area contributed by atoms with Crippen molar-refractivity contribution in [3.63, 3.8) is 0 Å². The summed E-state index contributed by atoms with van der Waals surface area (Å²) in [6, 6.07) is 0. The van der Waals surface area contributed by atoms with Crippen molar-refractivity contribution < 1.29 is 5.11 Å². The monoisotopic (exact) mass is 147 g/mol. The fraction of sp³-hybridized carbons (Fsp3) is 1.00. The van der Waals surface area contributed by atoms with Crippen LogP contribution < -0.4 is 0 Å². The van der Waals surface area contributed by atoms with Gasteiger partial charge in [-0.05, 0) is 11.7 Å². The molecule has 1 atom stereocenters. The fourth-order valence-electron chi connectivity index (χ4n) is 0.699.